The first-order valence-corrected chi connectivity index (χ1v) is 8.08. The first-order valence-electron chi connectivity index (χ1n) is 7.70. The lowest BCUT2D eigenvalue weighted by Gasteiger charge is -2.12. The molecule has 5 heteroatoms. The Morgan fingerprint density at radius 3 is 2.62 bits per heavy atom. The van der Waals surface area contributed by atoms with Crippen LogP contribution in [0, 0.1) is 0 Å². The second-order valence-electron chi connectivity index (χ2n) is 4.99. The van der Waals surface area contributed by atoms with E-state index in [4.69, 9.17) is 21.4 Å². The number of aromatic nitrogens is 1. The molecule has 1 N–H and O–H groups in total. The molecule has 0 saturated heterocycles. The summed E-state index contributed by atoms with van der Waals surface area (Å²) in [6.07, 6.45) is 0.438. The quantitative estimate of drug-likeness (QED) is 0.746. The summed E-state index contributed by atoms with van der Waals surface area (Å²) in [6, 6.07) is 10.2. The van der Waals surface area contributed by atoms with E-state index in [0.29, 0.717) is 29.5 Å². The van der Waals surface area contributed by atoms with E-state index in [1.54, 1.807) is 30.3 Å². The highest BCUT2D eigenvalue weighted by Crippen LogP contribution is 2.25. The summed E-state index contributed by atoms with van der Waals surface area (Å²) in [6.45, 7) is 10.1. The van der Waals surface area contributed by atoms with Crippen molar-refractivity contribution < 1.29 is 14.6 Å². The predicted octanol–water partition coefficient (Wildman–Crippen LogP) is 5.01. The number of carboxylic acids is 1. The number of nitrogens with zero attached hydrogens (tertiary/aromatic N) is 1. The van der Waals surface area contributed by atoms with Gasteiger partial charge in [-0.3, -0.25) is 0 Å². The van der Waals surface area contributed by atoms with Crippen molar-refractivity contribution in [1.82, 2.24) is 4.98 Å². The van der Waals surface area contributed by atoms with Crippen LogP contribution >= 0.6 is 11.6 Å². The van der Waals surface area contributed by atoms with Gasteiger partial charge >= 0.3 is 5.97 Å². The number of pyridine rings is 1. The van der Waals surface area contributed by atoms with Crippen LogP contribution in [0.2, 0.25) is 5.02 Å². The van der Waals surface area contributed by atoms with Crippen molar-refractivity contribution in [1.29, 1.82) is 0 Å². The second-order valence-corrected chi connectivity index (χ2v) is 5.43. The monoisotopic (exact) mass is 347 g/mol. The summed E-state index contributed by atoms with van der Waals surface area (Å²) in [5, 5.41) is 9.59. The average molecular weight is 348 g/mol. The Labute approximate surface area is 147 Å². The summed E-state index contributed by atoms with van der Waals surface area (Å²) in [5.74, 6) is -0.360. The Morgan fingerprint density at radius 2 is 2.00 bits per heavy atom. The maximum Gasteiger partial charge on any atom is 0.354 e. The van der Waals surface area contributed by atoms with Gasteiger partial charge in [0.1, 0.15) is 18.1 Å². The van der Waals surface area contributed by atoms with Gasteiger partial charge < -0.3 is 9.84 Å². The van der Waals surface area contributed by atoms with Gasteiger partial charge in [0.15, 0.2) is 0 Å². The second kappa shape index (κ2) is 9.73. The zero-order valence-corrected chi connectivity index (χ0v) is 14.9. The van der Waals surface area contributed by atoms with E-state index in [0.717, 1.165) is 11.1 Å². The number of carbonyl (C=O) groups is 1. The van der Waals surface area contributed by atoms with Crippen molar-refractivity contribution in [3.63, 3.8) is 0 Å². The molecule has 0 spiro atoms. The van der Waals surface area contributed by atoms with Crippen LogP contribution in [0.5, 0.6) is 5.75 Å². The van der Waals surface area contributed by atoms with Gasteiger partial charge in [0, 0.05) is 22.7 Å². The van der Waals surface area contributed by atoms with E-state index < -0.39 is 5.97 Å². The highest BCUT2D eigenvalue weighted by Gasteiger charge is 2.10. The Bertz CT molecular complexity index is 714. The fourth-order valence-corrected chi connectivity index (χ4v) is 2.11. The Morgan fingerprint density at radius 1 is 1.29 bits per heavy atom. The molecule has 2 aromatic rings. The number of carboxylic acid groups (broad SMARTS) is 1. The van der Waals surface area contributed by atoms with E-state index in [1.165, 1.54) is 6.07 Å². The Balaban J connectivity index is 0.00000139. The van der Waals surface area contributed by atoms with Crippen LogP contribution in [0.25, 0.3) is 0 Å². The Hall–Kier alpha value is -2.33. The average Bonchev–Trinajstić information content (AvgIpc) is 2.56. The molecule has 0 fully saturated rings. The minimum atomic E-state index is -1.05. The molecular weight excluding hydrogens is 326 g/mol. The molecule has 0 bridgehead atoms. The van der Waals surface area contributed by atoms with Crippen LogP contribution in [0.1, 0.15) is 42.5 Å². The number of hydrogen-bond donors (Lipinski definition) is 1. The van der Waals surface area contributed by atoms with E-state index in [1.807, 2.05) is 20.8 Å². The number of aromatic carboxylic acids is 1. The number of rotatable bonds is 6. The maximum atomic E-state index is 11.0. The van der Waals surface area contributed by atoms with Crippen LogP contribution < -0.4 is 4.74 Å². The maximum absolute atomic E-state index is 11.0. The van der Waals surface area contributed by atoms with Gasteiger partial charge in [0.2, 0.25) is 0 Å². The highest BCUT2D eigenvalue weighted by atomic mass is 35.5. The molecule has 0 atom stereocenters. The normalized spacial score (nSPS) is 9.67. The first kappa shape index (κ1) is 19.7. The van der Waals surface area contributed by atoms with Gasteiger partial charge in [-0.25, -0.2) is 9.78 Å². The molecule has 1 aromatic carbocycles. The lowest BCUT2D eigenvalue weighted by molar-refractivity contribution is 0.0690. The molecule has 2 rings (SSSR count). The minimum Gasteiger partial charge on any atom is -0.489 e. The smallest absolute Gasteiger partial charge is 0.354 e. The van der Waals surface area contributed by atoms with Gasteiger partial charge in [-0.2, -0.15) is 0 Å². The van der Waals surface area contributed by atoms with Crippen LogP contribution in [-0.2, 0) is 6.42 Å². The first-order chi connectivity index (χ1) is 11.5. The lowest BCUT2D eigenvalue weighted by Crippen LogP contribution is -2.05. The van der Waals surface area contributed by atoms with E-state index in [-0.39, 0.29) is 5.69 Å². The van der Waals surface area contributed by atoms with Gasteiger partial charge in [0.25, 0.3) is 0 Å². The van der Waals surface area contributed by atoms with E-state index in [9.17, 15) is 4.79 Å². The van der Waals surface area contributed by atoms with Crippen molar-refractivity contribution in [2.75, 3.05) is 6.61 Å². The zero-order valence-electron chi connectivity index (χ0n) is 14.2. The molecule has 0 aliphatic heterocycles. The van der Waals surface area contributed by atoms with E-state index >= 15 is 0 Å². The number of hydrogen-bond acceptors (Lipinski definition) is 3. The van der Waals surface area contributed by atoms with Crippen LogP contribution in [0.3, 0.4) is 0 Å². The zero-order chi connectivity index (χ0) is 18.1. The summed E-state index contributed by atoms with van der Waals surface area (Å²) < 4.78 is 5.70. The standard InChI is InChI=1S/C17H16ClNO3.C2H6/c1-11(2)10-22-16-7-6-13(18)8-12(16)9-14-4-3-5-15(19-14)17(20)21;1-2/h3-8H,1,9-10H2,2H3,(H,20,21);1-2H3. The SMILES string of the molecule is C=C(C)COc1ccc(Cl)cc1Cc1cccc(C(=O)O)n1.CC. The van der Waals surface area contributed by atoms with Gasteiger partial charge in [-0.15, -0.1) is 0 Å². The number of halogens is 1. The molecular formula is C19H22ClNO3. The molecule has 0 aliphatic rings. The number of benzene rings is 1. The lowest BCUT2D eigenvalue weighted by atomic mass is 10.1. The van der Waals surface area contributed by atoms with Gasteiger partial charge in [0.05, 0.1) is 0 Å². The molecule has 4 nitrogen and oxygen atoms in total. The molecule has 1 heterocycles. The topological polar surface area (TPSA) is 59.4 Å². The van der Waals surface area contributed by atoms with Crippen molar-refractivity contribution in [3.05, 3.63) is 70.5 Å². The molecule has 0 saturated carbocycles. The van der Waals surface area contributed by atoms with Crippen LogP contribution in [-0.4, -0.2) is 22.7 Å². The molecule has 0 aliphatic carbocycles. The minimum absolute atomic E-state index is 0.0175. The molecule has 128 valence electrons. The van der Waals surface area contributed by atoms with E-state index in [2.05, 4.69) is 11.6 Å². The third kappa shape index (κ3) is 6.05. The third-order valence-corrected chi connectivity index (χ3v) is 3.13. The summed E-state index contributed by atoms with van der Waals surface area (Å²) >= 11 is 6.04. The number of ether oxygens (including phenoxy) is 1. The molecule has 0 unspecified atom stereocenters. The fraction of sp³-hybridized carbons (Fsp3) is 0.263. The largest absolute Gasteiger partial charge is 0.489 e. The van der Waals surface area contributed by atoms with Gasteiger partial charge in [-0.05, 0) is 42.8 Å². The molecule has 0 radical (unpaired) electrons. The van der Waals surface area contributed by atoms with Gasteiger partial charge in [-0.1, -0.05) is 38.1 Å². The summed E-state index contributed by atoms with van der Waals surface area (Å²) in [4.78, 5) is 15.1. The highest BCUT2D eigenvalue weighted by molar-refractivity contribution is 6.30. The third-order valence-electron chi connectivity index (χ3n) is 2.89. The summed E-state index contributed by atoms with van der Waals surface area (Å²) in [7, 11) is 0. The summed E-state index contributed by atoms with van der Waals surface area (Å²) in [5.41, 5.74) is 2.42. The van der Waals surface area contributed by atoms with Crippen molar-refractivity contribution in [2.24, 2.45) is 0 Å². The van der Waals surface area contributed by atoms with Crippen LogP contribution in [0.15, 0.2) is 48.6 Å². The molecule has 24 heavy (non-hydrogen) atoms. The fourth-order valence-electron chi connectivity index (χ4n) is 1.92. The van der Waals surface area contributed by atoms with Crippen molar-refractivity contribution in [2.45, 2.75) is 27.2 Å². The predicted molar refractivity (Wildman–Crippen MR) is 97.1 cm³/mol. The van der Waals surface area contributed by atoms with Crippen molar-refractivity contribution in [3.8, 4) is 5.75 Å². The Kier molecular flexibility index (Phi) is 7.99. The van der Waals surface area contributed by atoms with Crippen molar-refractivity contribution >= 4 is 17.6 Å². The molecule has 0 amide bonds. The van der Waals surface area contributed by atoms with Crippen LogP contribution in [0.4, 0.5) is 0 Å². The molecule has 1 aromatic heterocycles.